The maximum absolute atomic E-state index is 12.1. The SMILES string of the molecule is CCC(C)(C)N=C(NC#N)Nc1ccccc1C(=O)NCCO. The van der Waals surface area contributed by atoms with Crippen molar-refractivity contribution in [1.29, 1.82) is 5.26 Å². The zero-order valence-electron chi connectivity index (χ0n) is 13.7. The highest BCUT2D eigenvalue weighted by Gasteiger charge is 2.16. The molecule has 0 fully saturated rings. The molecule has 0 bridgehead atoms. The Kier molecular flexibility index (Phi) is 7.03. The van der Waals surface area contributed by atoms with Crippen LogP contribution in [0.1, 0.15) is 37.6 Å². The third-order valence-corrected chi connectivity index (χ3v) is 3.28. The van der Waals surface area contributed by atoms with Crippen molar-refractivity contribution in [2.24, 2.45) is 4.99 Å². The Balaban J connectivity index is 3.06. The summed E-state index contributed by atoms with van der Waals surface area (Å²) in [5.74, 6) is -0.0324. The first-order valence-electron chi connectivity index (χ1n) is 7.43. The second-order valence-electron chi connectivity index (χ2n) is 5.51. The van der Waals surface area contributed by atoms with Gasteiger partial charge >= 0.3 is 0 Å². The van der Waals surface area contributed by atoms with Crippen molar-refractivity contribution in [3.05, 3.63) is 29.8 Å². The molecule has 0 heterocycles. The fourth-order valence-electron chi connectivity index (χ4n) is 1.70. The summed E-state index contributed by atoms with van der Waals surface area (Å²) in [6.45, 7) is 5.95. The summed E-state index contributed by atoms with van der Waals surface area (Å²) in [6, 6.07) is 6.90. The molecule has 7 nitrogen and oxygen atoms in total. The van der Waals surface area contributed by atoms with E-state index in [1.165, 1.54) is 0 Å². The number of nitriles is 1. The molecule has 0 aromatic heterocycles. The quantitative estimate of drug-likeness (QED) is 0.275. The first-order chi connectivity index (χ1) is 10.9. The summed E-state index contributed by atoms with van der Waals surface area (Å²) >= 11 is 0. The first-order valence-corrected chi connectivity index (χ1v) is 7.43. The minimum atomic E-state index is -0.347. The zero-order valence-corrected chi connectivity index (χ0v) is 13.7. The minimum Gasteiger partial charge on any atom is -0.395 e. The van der Waals surface area contributed by atoms with Crippen molar-refractivity contribution in [3.8, 4) is 6.19 Å². The van der Waals surface area contributed by atoms with Gasteiger partial charge in [0.15, 0.2) is 6.19 Å². The lowest BCUT2D eigenvalue weighted by atomic mass is 10.0. The van der Waals surface area contributed by atoms with Gasteiger partial charge in [0.2, 0.25) is 5.96 Å². The van der Waals surface area contributed by atoms with Crippen molar-refractivity contribution >= 4 is 17.6 Å². The first kappa shape index (κ1) is 18.5. The Bertz CT molecular complexity index is 605. The lowest BCUT2D eigenvalue weighted by Gasteiger charge is -2.20. The van der Waals surface area contributed by atoms with Gasteiger partial charge in [-0.15, -0.1) is 0 Å². The van der Waals surface area contributed by atoms with Crippen LogP contribution >= 0.6 is 0 Å². The van der Waals surface area contributed by atoms with E-state index < -0.39 is 0 Å². The van der Waals surface area contributed by atoms with Crippen LogP contribution in [0.25, 0.3) is 0 Å². The predicted molar refractivity (Wildman–Crippen MR) is 90.0 cm³/mol. The van der Waals surface area contributed by atoms with Gasteiger partial charge in [0.05, 0.1) is 23.4 Å². The van der Waals surface area contributed by atoms with Gasteiger partial charge in [-0.2, -0.15) is 5.26 Å². The average Bonchev–Trinajstić information content (AvgIpc) is 2.53. The van der Waals surface area contributed by atoms with Crippen molar-refractivity contribution in [2.75, 3.05) is 18.5 Å². The van der Waals surface area contributed by atoms with E-state index in [0.717, 1.165) is 6.42 Å². The van der Waals surface area contributed by atoms with Crippen molar-refractivity contribution in [1.82, 2.24) is 10.6 Å². The summed E-state index contributed by atoms with van der Waals surface area (Å²) in [4.78, 5) is 16.6. The van der Waals surface area contributed by atoms with Crippen LogP contribution in [0, 0.1) is 11.5 Å². The van der Waals surface area contributed by atoms with Gasteiger partial charge in [-0.25, -0.2) is 4.99 Å². The van der Waals surface area contributed by atoms with Crippen LogP contribution < -0.4 is 16.0 Å². The van der Waals surface area contributed by atoms with E-state index in [4.69, 9.17) is 10.4 Å². The van der Waals surface area contributed by atoms with E-state index in [0.29, 0.717) is 11.3 Å². The summed E-state index contributed by atoms with van der Waals surface area (Å²) in [6.07, 6.45) is 2.64. The number of carbonyl (C=O) groups is 1. The van der Waals surface area contributed by atoms with Gasteiger partial charge in [0, 0.05) is 6.54 Å². The lowest BCUT2D eigenvalue weighted by Crippen LogP contribution is -2.33. The van der Waals surface area contributed by atoms with Gasteiger partial charge in [0.25, 0.3) is 5.91 Å². The third-order valence-electron chi connectivity index (χ3n) is 3.28. The van der Waals surface area contributed by atoms with Crippen molar-refractivity contribution < 1.29 is 9.90 Å². The Labute approximate surface area is 136 Å². The summed E-state index contributed by atoms with van der Waals surface area (Å²) in [5, 5.41) is 25.8. The molecule has 0 atom stereocenters. The highest BCUT2D eigenvalue weighted by atomic mass is 16.3. The molecule has 0 saturated carbocycles. The third kappa shape index (κ3) is 5.96. The molecule has 0 saturated heterocycles. The van der Waals surface area contributed by atoms with E-state index in [2.05, 4.69) is 20.9 Å². The molecule has 0 aliphatic carbocycles. The molecule has 7 heteroatoms. The second-order valence-corrected chi connectivity index (χ2v) is 5.51. The van der Waals surface area contributed by atoms with Gasteiger partial charge in [-0.1, -0.05) is 19.1 Å². The summed E-state index contributed by atoms with van der Waals surface area (Å²) < 4.78 is 0. The molecule has 0 aliphatic heterocycles. The number of amides is 1. The predicted octanol–water partition coefficient (Wildman–Crippen LogP) is 1.44. The molecule has 0 aliphatic rings. The Morgan fingerprint density at radius 3 is 2.70 bits per heavy atom. The fraction of sp³-hybridized carbons (Fsp3) is 0.438. The topological polar surface area (TPSA) is 110 Å². The van der Waals surface area contributed by atoms with E-state index in [-0.39, 0.29) is 30.6 Å². The monoisotopic (exact) mass is 317 g/mol. The number of aliphatic hydroxyl groups is 1. The standard InChI is InChI=1S/C16H23N5O2/c1-4-16(2,3)21-15(19-11-17)20-13-8-6-5-7-12(13)14(23)18-9-10-22/h5-8,22H,4,9-10H2,1-3H3,(H,18,23)(H2,19,20,21). The number of guanidine groups is 1. The average molecular weight is 317 g/mol. The molecule has 4 N–H and O–H groups in total. The number of hydrogen-bond acceptors (Lipinski definition) is 4. The van der Waals surface area contributed by atoms with Crippen LogP contribution in [0.3, 0.4) is 0 Å². The number of hydrogen-bond donors (Lipinski definition) is 4. The van der Waals surface area contributed by atoms with E-state index in [1.807, 2.05) is 27.0 Å². The molecule has 1 aromatic rings. The number of carbonyl (C=O) groups excluding carboxylic acids is 1. The normalized spacial score (nSPS) is 11.5. The van der Waals surface area contributed by atoms with E-state index in [1.54, 1.807) is 24.3 Å². The number of benzene rings is 1. The van der Waals surface area contributed by atoms with Gasteiger partial charge in [-0.05, 0) is 32.4 Å². The Morgan fingerprint density at radius 1 is 1.39 bits per heavy atom. The number of aliphatic hydroxyl groups excluding tert-OH is 1. The molecule has 0 unspecified atom stereocenters. The number of rotatable bonds is 6. The van der Waals surface area contributed by atoms with Crippen LogP contribution in [0.4, 0.5) is 5.69 Å². The molecular weight excluding hydrogens is 294 g/mol. The van der Waals surface area contributed by atoms with Crippen LogP contribution in [-0.4, -0.2) is 35.7 Å². The molecule has 1 rings (SSSR count). The highest BCUT2D eigenvalue weighted by molar-refractivity contribution is 6.04. The van der Waals surface area contributed by atoms with Crippen LogP contribution in [0.2, 0.25) is 0 Å². The zero-order chi connectivity index (χ0) is 17.3. The van der Waals surface area contributed by atoms with Crippen LogP contribution in [0.5, 0.6) is 0 Å². The van der Waals surface area contributed by atoms with Crippen molar-refractivity contribution in [3.63, 3.8) is 0 Å². The Morgan fingerprint density at radius 2 is 2.09 bits per heavy atom. The lowest BCUT2D eigenvalue weighted by molar-refractivity contribution is 0.0945. The molecule has 124 valence electrons. The number of anilines is 1. The fourth-order valence-corrected chi connectivity index (χ4v) is 1.70. The molecule has 1 amide bonds. The van der Waals surface area contributed by atoms with Crippen molar-refractivity contribution in [2.45, 2.75) is 32.7 Å². The number of nitrogens with zero attached hydrogens (tertiary/aromatic N) is 2. The Hall–Kier alpha value is -2.59. The van der Waals surface area contributed by atoms with Crippen LogP contribution in [-0.2, 0) is 0 Å². The molecule has 23 heavy (non-hydrogen) atoms. The van der Waals surface area contributed by atoms with Crippen LogP contribution in [0.15, 0.2) is 29.3 Å². The largest absolute Gasteiger partial charge is 0.395 e. The van der Waals surface area contributed by atoms with Gasteiger partial charge < -0.3 is 15.7 Å². The number of para-hydroxylation sites is 1. The molecule has 0 spiro atoms. The maximum atomic E-state index is 12.1. The van der Waals surface area contributed by atoms with Gasteiger partial charge in [0.1, 0.15) is 0 Å². The molecule has 0 radical (unpaired) electrons. The molecular formula is C16H23N5O2. The second kappa shape index (κ2) is 8.76. The molecule has 1 aromatic carbocycles. The highest BCUT2D eigenvalue weighted by Crippen LogP contribution is 2.17. The minimum absolute atomic E-state index is 0.130. The number of nitrogens with one attached hydrogen (secondary N) is 3. The smallest absolute Gasteiger partial charge is 0.253 e. The summed E-state index contributed by atoms with van der Waals surface area (Å²) in [5.41, 5.74) is 0.583. The van der Waals surface area contributed by atoms with E-state index >= 15 is 0 Å². The maximum Gasteiger partial charge on any atom is 0.253 e. The summed E-state index contributed by atoms with van der Waals surface area (Å²) in [7, 11) is 0. The van der Waals surface area contributed by atoms with Gasteiger partial charge in [-0.3, -0.25) is 10.1 Å². The van der Waals surface area contributed by atoms with E-state index in [9.17, 15) is 4.79 Å². The number of aliphatic imine (C=N–C) groups is 1.